The van der Waals surface area contributed by atoms with Crippen molar-refractivity contribution in [2.45, 2.75) is 32.2 Å². The van der Waals surface area contributed by atoms with Gasteiger partial charge in [-0.2, -0.15) is 0 Å². The summed E-state index contributed by atoms with van der Waals surface area (Å²) < 4.78 is 0. The molecule has 4 nitrogen and oxygen atoms in total. The SMILES string of the molecule is CC(C)(NC(=O)c1ccc(NN)cc1)C1CC1. The maximum Gasteiger partial charge on any atom is 0.251 e. The number of hydrazine groups is 1. The van der Waals surface area contributed by atoms with Crippen LogP contribution in [0.2, 0.25) is 0 Å². The highest BCUT2D eigenvalue weighted by Gasteiger charge is 2.38. The molecular weight excluding hydrogens is 214 g/mol. The van der Waals surface area contributed by atoms with E-state index in [1.165, 1.54) is 12.8 Å². The Balaban J connectivity index is 2.03. The van der Waals surface area contributed by atoms with E-state index in [1.54, 1.807) is 24.3 Å². The van der Waals surface area contributed by atoms with Gasteiger partial charge in [-0.25, -0.2) is 0 Å². The van der Waals surface area contributed by atoms with Gasteiger partial charge in [-0.15, -0.1) is 0 Å². The summed E-state index contributed by atoms with van der Waals surface area (Å²) in [6, 6.07) is 7.12. The summed E-state index contributed by atoms with van der Waals surface area (Å²) in [5.41, 5.74) is 3.89. The quantitative estimate of drug-likeness (QED) is 0.549. The molecule has 0 saturated heterocycles. The van der Waals surface area contributed by atoms with Gasteiger partial charge in [-0.1, -0.05) is 0 Å². The second-order valence-corrected chi connectivity index (χ2v) is 5.17. The van der Waals surface area contributed by atoms with Gasteiger partial charge in [0.1, 0.15) is 0 Å². The lowest BCUT2D eigenvalue weighted by Crippen LogP contribution is -2.45. The highest BCUT2D eigenvalue weighted by atomic mass is 16.1. The monoisotopic (exact) mass is 233 g/mol. The van der Waals surface area contributed by atoms with Gasteiger partial charge in [0.25, 0.3) is 5.91 Å². The fraction of sp³-hybridized carbons (Fsp3) is 0.462. The lowest BCUT2D eigenvalue weighted by atomic mass is 9.98. The molecule has 1 aromatic rings. The number of anilines is 1. The molecule has 0 unspecified atom stereocenters. The van der Waals surface area contributed by atoms with Crippen LogP contribution in [0.3, 0.4) is 0 Å². The van der Waals surface area contributed by atoms with Gasteiger partial charge in [0, 0.05) is 16.8 Å². The zero-order chi connectivity index (χ0) is 12.5. The van der Waals surface area contributed by atoms with Crippen LogP contribution in [0.15, 0.2) is 24.3 Å². The van der Waals surface area contributed by atoms with Crippen LogP contribution >= 0.6 is 0 Å². The fourth-order valence-electron chi connectivity index (χ4n) is 1.99. The summed E-state index contributed by atoms with van der Waals surface area (Å²) in [4.78, 5) is 12.0. The molecule has 0 heterocycles. The average molecular weight is 233 g/mol. The van der Waals surface area contributed by atoms with Crippen molar-refractivity contribution in [3.8, 4) is 0 Å². The Morgan fingerprint density at radius 1 is 1.29 bits per heavy atom. The summed E-state index contributed by atoms with van der Waals surface area (Å²) in [6.45, 7) is 4.16. The molecule has 1 aromatic carbocycles. The van der Waals surface area contributed by atoms with E-state index in [0.717, 1.165) is 5.69 Å². The van der Waals surface area contributed by atoms with Crippen LogP contribution in [0, 0.1) is 5.92 Å². The third-order valence-corrected chi connectivity index (χ3v) is 3.35. The molecule has 1 saturated carbocycles. The number of hydrogen-bond donors (Lipinski definition) is 3. The topological polar surface area (TPSA) is 67.2 Å². The first kappa shape index (κ1) is 11.9. The minimum Gasteiger partial charge on any atom is -0.347 e. The minimum absolute atomic E-state index is 0.0227. The van der Waals surface area contributed by atoms with Gasteiger partial charge >= 0.3 is 0 Å². The number of carbonyl (C=O) groups excluding carboxylic acids is 1. The second kappa shape index (κ2) is 4.37. The summed E-state index contributed by atoms with van der Waals surface area (Å²) >= 11 is 0. The molecule has 0 aliphatic heterocycles. The molecule has 1 fully saturated rings. The van der Waals surface area contributed by atoms with Gasteiger partial charge in [0.05, 0.1) is 0 Å². The summed E-state index contributed by atoms with van der Waals surface area (Å²) in [6.07, 6.45) is 2.42. The number of carbonyl (C=O) groups is 1. The molecule has 0 aromatic heterocycles. The summed E-state index contributed by atoms with van der Waals surface area (Å²) in [7, 11) is 0. The smallest absolute Gasteiger partial charge is 0.251 e. The van der Waals surface area contributed by atoms with E-state index in [1.807, 2.05) is 0 Å². The fourth-order valence-corrected chi connectivity index (χ4v) is 1.99. The Kier molecular flexibility index (Phi) is 3.07. The second-order valence-electron chi connectivity index (χ2n) is 5.17. The number of benzene rings is 1. The number of nitrogens with one attached hydrogen (secondary N) is 2. The first-order valence-corrected chi connectivity index (χ1v) is 5.92. The van der Waals surface area contributed by atoms with Crippen molar-refractivity contribution in [2.24, 2.45) is 11.8 Å². The molecule has 4 heteroatoms. The first-order valence-electron chi connectivity index (χ1n) is 5.92. The van der Waals surface area contributed by atoms with Crippen molar-refractivity contribution in [2.75, 3.05) is 5.43 Å². The third kappa shape index (κ3) is 2.77. The largest absolute Gasteiger partial charge is 0.347 e. The normalized spacial score (nSPS) is 15.5. The maximum atomic E-state index is 12.0. The Morgan fingerprint density at radius 2 is 1.88 bits per heavy atom. The van der Waals surface area contributed by atoms with Crippen LogP contribution in [0.1, 0.15) is 37.0 Å². The van der Waals surface area contributed by atoms with Crippen molar-refractivity contribution < 1.29 is 4.79 Å². The van der Waals surface area contributed by atoms with Crippen molar-refractivity contribution in [1.82, 2.24) is 5.32 Å². The van der Waals surface area contributed by atoms with Gasteiger partial charge < -0.3 is 10.7 Å². The predicted molar refractivity (Wildman–Crippen MR) is 68.5 cm³/mol. The summed E-state index contributed by atoms with van der Waals surface area (Å²) in [5, 5.41) is 3.08. The molecule has 0 spiro atoms. The highest BCUT2D eigenvalue weighted by molar-refractivity contribution is 5.95. The van der Waals surface area contributed by atoms with Crippen LogP contribution in [0.25, 0.3) is 0 Å². The van der Waals surface area contributed by atoms with Crippen LogP contribution < -0.4 is 16.6 Å². The Labute approximate surface area is 102 Å². The molecule has 0 bridgehead atoms. The molecule has 2 rings (SSSR count). The van der Waals surface area contributed by atoms with E-state index in [-0.39, 0.29) is 11.4 Å². The van der Waals surface area contributed by atoms with E-state index in [4.69, 9.17) is 5.84 Å². The van der Waals surface area contributed by atoms with E-state index in [9.17, 15) is 4.79 Å². The highest BCUT2D eigenvalue weighted by Crippen LogP contribution is 2.39. The lowest BCUT2D eigenvalue weighted by molar-refractivity contribution is 0.0903. The van der Waals surface area contributed by atoms with Crippen molar-refractivity contribution in [3.05, 3.63) is 29.8 Å². The predicted octanol–water partition coefficient (Wildman–Crippen LogP) is 1.89. The molecule has 0 radical (unpaired) electrons. The molecule has 1 aliphatic carbocycles. The Morgan fingerprint density at radius 3 is 2.35 bits per heavy atom. The van der Waals surface area contributed by atoms with Crippen LogP contribution in [0.5, 0.6) is 0 Å². The molecular formula is C13H19N3O. The van der Waals surface area contributed by atoms with Gasteiger partial charge in [0.15, 0.2) is 0 Å². The number of amides is 1. The van der Waals surface area contributed by atoms with E-state index in [2.05, 4.69) is 24.6 Å². The van der Waals surface area contributed by atoms with Crippen LogP contribution in [0.4, 0.5) is 5.69 Å². The number of nitrogen functional groups attached to an aromatic ring is 1. The van der Waals surface area contributed by atoms with Gasteiger partial charge in [-0.05, 0) is 56.9 Å². The lowest BCUT2D eigenvalue weighted by Gasteiger charge is -2.26. The van der Waals surface area contributed by atoms with Crippen LogP contribution in [-0.4, -0.2) is 11.4 Å². The molecule has 1 amide bonds. The minimum atomic E-state index is -0.109. The van der Waals surface area contributed by atoms with E-state index in [0.29, 0.717) is 11.5 Å². The third-order valence-electron chi connectivity index (χ3n) is 3.35. The maximum absolute atomic E-state index is 12.0. The summed E-state index contributed by atoms with van der Waals surface area (Å²) in [5.74, 6) is 5.87. The van der Waals surface area contributed by atoms with Crippen molar-refractivity contribution >= 4 is 11.6 Å². The molecule has 4 N–H and O–H groups in total. The van der Waals surface area contributed by atoms with Crippen molar-refractivity contribution in [3.63, 3.8) is 0 Å². The van der Waals surface area contributed by atoms with E-state index < -0.39 is 0 Å². The Bertz CT molecular complexity index is 407. The number of rotatable bonds is 4. The Hall–Kier alpha value is -1.55. The zero-order valence-electron chi connectivity index (χ0n) is 10.3. The number of nitrogens with two attached hydrogens (primary N) is 1. The molecule has 92 valence electrons. The molecule has 1 aliphatic rings. The molecule has 0 atom stereocenters. The van der Waals surface area contributed by atoms with Crippen LogP contribution in [-0.2, 0) is 0 Å². The number of hydrogen-bond acceptors (Lipinski definition) is 3. The van der Waals surface area contributed by atoms with Crippen molar-refractivity contribution in [1.29, 1.82) is 0 Å². The van der Waals surface area contributed by atoms with Gasteiger partial charge in [-0.3, -0.25) is 10.6 Å². The standard InChI is InChI=1S/C13H19N3O/c1-13(2,10-5-6-10)15-12(17)9-3-7-11(16-14)8-4-9/h3-4,7-8,10,16H,5-6,14H2,1-2H3,(H,15,17). The first-order chi connectivity index (χ1) is 8.03. The molecule has 17 heavy (non-hydrogen) atoms. The van der Waals surface area contributed by atoms with Gasteiger partial charge in [0.2, 0.25) is 0 Å². The van der Waals surface area contributed by atoms with E-state index >= 15 is 0 Å². The average Bonchev–Trinajstić information content (AvgIpc) is 3.12. The zero-order valence-corrected chi connectivity index (χ0v) is 10.3.